The summed E-state index contributed by atoms with van der Waals surface area (Å²) in [6.45, 7) is 7.15. The number of aromatic nitrogens is 1. The highest BCUT2D eigenvalue weighted by Crippen LogP contribution is 2.36. The molecule has 6 nitrogen and oxygen atoms in total. The lowest BCUT2D eigenvalue weighted by molar-refractivity contribution is 0.0512. The van der Waals surface area contributed by atoms with Crippen molar-refractivity contribution in [2.45, 2.75) is 38.6 Å². The smallest absolute Gasteiger partial charge is 0.226 e. The zero-order valence-corrected chi connectivity index (χ0v) is 19.1. The van der Waals surface area contributed by atoms with Gasteiger partial charge in [0.25, 0.3) is 0 Å². The first-order chi connectivity index (χ1) is 15.6. The molecule has 0 amide bonds. The second kappa shape index (κ2) is 10.0. The molecule has 3 aromatic rings. The molecule has 4 rings (SSSR count). The Labute approximate surface area is 190 Å². The maximum absolute atomic E-state index is 5.68. The van der Waals surface area contributed by atoms with Crippen LogP contribution >= 0.6 is 0 Å². The van der Waals surface area contributed by atoms with Gasteiger partial charge in [0.2, 0.25) is 5.89 Å². The Hall–Kier alpha value is -3.12. The van der Waals surface area contributed by atoms with Crippen molar-refractivity contribution in [2.24, 2.45) is 4.99 Å². The molecule has 0 radical (unpaired) electrons. The molecule has 0 atom stereocenters. The number of aryl methyl sites for hydroxylation is 2. The lowest BCUT2D eigenvalue weighted by atomic mass is 9.72. The van der Waals surface area contributed by atoms with Crippen molar-refractivity contribution in [1.29, 1.82) is 0 Å². The molecule has 0 saturated carbocycles. The van der Waals surface area contributed by atoms with Gasteiger partial charge in [-0.15, -0.1) is 0 Å². The van der Waals surface area contributed by atoms with Crippen molar-refractivity contribution in [2.75, 3.05) is 26.8 Å². The number of ether oxygens (including phenoxy) is 1. The van der Waals surface area contributed by atoms with E-state index >= 15 is 0 Å². The summed E-state index contributed by atoms with van der Waals surface area (Å²) in [4.78, 5) is 9.02. The van der Waals surface area contributed by atoms with Gasteiger partial charge in [0.05, 0.1) is 12.2 Å². The van der Waals surface area contributed by atoms with Crippen molar-refractivity contribution < 1.29 is 9.15 Å². The summed E-state index contributed by atoms with van der Waals surface area (Å²) in [6, 6.07) is 16.8. The number of oxazole rings is 1. The predicted molar refractivity (Wildman–Crippen MR) is 128 cm³/mol. The first-order valence-electron chi connectivity index (χ1n) is 11.2. The Bertz CT molecular complexity index is 1050. The van der Waals surface area contributed by atoms with Crippen LogP contribution in [0.5, 0.6) is 0 Å². The number of guanidine groups is 1. The molecule has 0 aliphatic carbocycles. The summed E-state index contributed by atoms with van der Waals surface area (Å²) in [7, 11) is 1.79. The van der Waals surface area contributed by atoms with E-state index in [2.05, 4.69) is 70.9 Å². The number of nitrogens with zero attached hydrogens (tertiary/aromatic N) is 2. The molecule has 1 aliphatic rings. The van der Waals surface area contributed by atoms with Gasteiger partial charge in [-0.2, -0.15) is 0 Å². The predicted octanol–water partition coefficient (Wildman–Crippen LogP) is 4.37. The van der Waals surface area contributed by atoms with Crippen LogP contribution in [0.25, 0.3) is 11.5 Å². The minimum atomic E-state index is 0.0354. The molecule has 1 fully saturated rings. The van der Waals surface area contributed by atoms with Crippen LogP contribution in [-0.2, 0) is 16.7 Å². The number of aliphatic imine (C=N–C) groups is 1. The van der Waals surface area contributed by atoms with E-state index in [-0.39, 0.29) is 5.41 Å². The molecule has 6 heteroatoms. The molecule has 2 heterocycles. The van der Waals surface area contributed by atoms with Gasteiger partial charge in [0, 0.05) is 37.8 Å². The Kier molecular flexibility index (Phi) is 6.90. The maximum Gasteiger partial charge on any atom is 0.226 e. The third kappa shape index (κ3) is 5.02. The highest BCUT2D eigenvalue weighted by Gasteiger charge is 2.35. The van der Waals surface area contributed by atoms with Crippen molar-refractivity contribution in [3.8, 4) is 11.5 Å². The first kappa shape index (κ1) is 22.1. The monoisotopic (exact) mass is 432 g/mol. The summed E-state index contributed by atoms with van der Waals surface area (Å²) in [6.07, 6.45) is 3.68. The fourth-order valence-electron chi connectivity index (χ4n) is 4.34. The van der Waals surface area contributed by atoms with Gasteiger partial charge in [-0.1, -0.05) is 42.0 Å². The van der Waals surface area contributed by atoms with Crippen LogP contribution in [0, 0.1) is 13.8 Å². The quantitative estimate of drug-likeness (QED) is 0.447. The van der Waals surface area contributed by atoms with E-state index < -0.39 is 0 Å². The molecular formula is C26H32N4O2. The van der Waals surface area contributed by atoms with Gasteiger partial charge in [-0.25, -0.2) is 4.98 Å². The van der Waals surface area contributed by atoms with E-state index in [9.17, 15) is 0 Å². The van der Waals surface area contributed by atoms with Gasteiger partial charge in [0.15, 0.2) is 5.96 Å². The van der Waals surface area contributed by atoms with Crippen LogP contribution in [0.15, 0.2) is 64.2 Å². The van der Waals surface area contributed by atoms with Crippen LogP contribution in [0.2, 0.25) is 0 Å². The van der Waals surface area contributed by atoms with Gasteiger partial charge < -0.3 is 19.8 Å². The standard InChI is InChI=1S/C26H32N4O2/c1-19-8-10-21(11-9-19)24-30-22(17-32-24)16-28-25(27-3)29-18-26(12-14-31-15-13-26)23-7-5-4-6-20(23)2/h4-11,17H,12-16,18H2,1-3H3,(H2,27,28,29). The summed E-state index contributed by atoms with van der Waals surface area (Å²) >= 11 is 0. The Balaban J connectivity index is 1.39. The van der Waals surface area contributed by atoms with E-state index in [0.717, 1.165) is 49.8 Å². The number of benzene rings is 2. The van der Waals surface area contributed by atoms with Crippen LogP contribution in [0.3, 0.4) is 0 Å². The molecule has 0 bridgehead atoms. The normalized spacial score (nSPS) is 16.0. The molecule has 1 aliphatic heterocycles. The van der Waals surface area contributed by atoms with Gasteiger partial charge in [0.1, 0.15) is 6.26 Å². The lowest BCUT2D eigenvalue weighted by Crippen LogP contribution is -2.48. The van der Waals surface area contributed by atoms with Crippen LogP contribution in [-0.4, -0.2) is 37.7 Å². The minimum absolute atomic E-state index is 0.0354. The SMILES string of the molecule is CN=C(NCc1coc(-c2ccc(C)cc2)n1)NCC1(c2ccccc2C)CCOCC1. The van der Waals surface area contributed by atoms with E-state index in [1.165, 1.54) is 16.7 Å². The molecule has 0 unspecified atom stereocenters. The third-order valence-corrected chi connectivity index (χ3v) is 6.27. The Morgan fingerprint density at radius 3 is 2.50 bits per heavy atom. The van der Waals surface area contributed by atoms with E-state index in [0.29, 0.717) is 12.4 Å². The van der Waals surface area contributed by atoms with Crippen LogP contribution in [0.4, 0.5) is 0 Å². The lowest BCUT2D eigenvalue weighted by Gasteiger charge is -2.39. The van der Waals surface area contributed by atoms with Crippen molar-refractivity contribution in [3.05, 3.63) is 77.2 Å². The zero-order valence-electron chi connectivity index (χ0n) is 19.1. The highest BCUT2D eigenvalue weighted by molar-refractivity contribution is 5.79. The third-order valence-electron chi connectivity index (χ3n) is 6.27. The average Bonchev–Trinajstić information content (AvgIpc) is 3.29. The van der Waals surface area contributed by atoms with Crippen LogP contribution in [0.1, 0.15) is 35.2 Å². The second-order valence-corrected chi connectivity index (χ2v) is 8.50. The number of nitrogens with one attached hydrogen (secondary N) is 2. The molecule has 1 aromatic heterocycles. The number of hydrogen-bond donors (Lipinski definition) is 2. The molecule has 168 valence electrons. The second-order valence-electron chi connectivity index (χ2n) is 8.50. The van der Waals surface area contributed by atoms with E-state index in [1.807, 2.05) is 12.1 Å². The molecule has 32 heavy (non-hydrogen) atoms. The summed E-state index contributed by atoms with van der Waals surface area (Å²) in [5, 5.41) is 6.91. The fourth-order valence-corrected chi connectivity index (χ4v) is 4.34. The molecule has 2 aromatic carbocycles. The highest BCUT2D eigenvalue weighted by atomic mass is 16.5. The van der Waals surface area contributed by atoms with Gasteiger partial charge >= 0.3 is 0 Å². The number of rotatable bonds is 6. The summed E-state index contributed by atoms with van der Waals surface area (Å²) in [5.74, 6) is 1.38. The molecule has 1 saturated heterocycles. The van der Waals surface area contributed by atoms with E-state index in [4.69, 9.17) is 9.15 Å². The van der Waals surface area contributed by atoms with Crippen molar-refractivity contribution in [1.82, 2.24) is 15.6 Å². The van der Waals surface area contributed by atoms with Crippen molar-refractivity contribution in [3.63, 3.8) is 0 Å². The summed E-state index contributed by atoms with van der Waals surface area (Å²) in [5.41, 5.74) is 5.78. The Morgan fingerprint density at radius 2 is 1.78 bits per heavy atom. The minimum Gasteiger partial charge on any atom is -0.444 e. The number of hydrogen-bond acceptors (Lipinski definition) is 4. The maximum atomic E-state index is 5.68. The van der Waals surface area contributed by atoms with Crippen LogP contribution < -0.4 is 10.6 Å². The van der Waals surface area contributed by atoms with E-state index in [1.54, 1.807) is 13.3 Å². The Morgan fingerprint density at radius 1 is 1.03 bits per heavy atom. The van der Waals surface area contributed by atoms with Crippen molar-refractivity contribution >= 4 is 5.96 Å². The molecular weight excluding hydrogens is 400 g/mol. The zero-order chi connectivity index (χ0) is 22.4. The fraction of sp³-hybridized carbons (Fsp3) is 0.385. The van der Waals surface area contributed by atoms with Gasteiger partial charge in [-0.05, 0) is 49.9 Å². The average molecular weight is 433 g/mol. The van der Waals surface area contributed by atoms with Gasteiger partial charge in [-0.3, -0.25) is 4.99 Å². The largest absolute Gasteiger partial charge is 0.444 e. The molecule has 2 N–H and O–H groups in total. The molecule has 0 spiro atoms. The topological polar surface area (TPSA) is 71.7 Å². The first-order valence-corrected chi connectivity index (χ1v) is 11.2. The summed E-state index contributed by atoms with van der Waals surface area (Å²) < 4.78 is 11.4.